The number of carbonyl (C=O) groups excluding carboxylic acids is 1. The van der Waals surface area contributed by atoms with Crippen LogP contribution < -0.4 is 10.1 Å². The van der Waals surface area contributed by atoms with Gasteiger partial charge < -0.3 is 10.1 Å². The van der Waals surface area contributed by atoms with Crippen LogP contribution in [0, 0.1) is 6.92 Å². The summed E-state index contributed by atoms with van der Waals surface area (Å²) in [4.78, 5) is 16.1. The third-order valence-electron chi connectivity index (χ3n) is 4.12. The van der Waals surface area contributed by atoms with Crippen LogP contribution in [0.5, 0.6) is 5.75 Å². The molecule has 1 amide bonds. The fourth-order valence-corrected chi connectivity index (χ4v) is 3.14. The molecule has 11 heteroatoms. The van der Waals surface area contributed by atoms with E-state index in [0.717, 1.165) is 4.68 Å². The molecule has 0 unspecified atom stereocenters. The molecule has 6 nitrogen and oxygen atoms in total. The van der Waals surface area contributed by atoms with Crippen LogP contribution in [0.25, 0.3) is 11.0 Å². The Labute approximate surface area is 167 Å². The zero-order valence-electron chi connectivity index (χ0n) is 15.2. The zero-order valence-corrected chi connectivity index (χ0v) is 16.0. The van der Waals surface area contributed by atoms with Crippen molar-refractivity contribution in [2.24, 2.45) is 0 Å². The molecule has 29 heavy (non-hydrogen) atoms. The van der Waals surface area contributed by atoms with Crippen LogP contribution in [0.4, 0.5) is 23.2 Å². The quantitative estimate of drug-likeness (QED) is 0.564. The number of pyridine rings is 1. The van der Waals surface area contributed by atoms with Crippen LogP contribution in [0.2, 0.25) is 5.02 Å². The van der Waals surface area contributed by atoms with Crippen LogP contribution in [0.15, 0.2) is 24.3 Å². The molecule has 0 radical (unpaired) electrons. The summed E-state index contributed by atoms with van der Waals surface area (Å²) in [5.74, 6) is -0.153. The molecule has 154 valence electrons. The molecule has 2 aromatic heterocycles. The van der Waals surface area contributed by atoms with Crippen molar-refractivity contribution in [3.8, 4) is 5.75 Å². The van der Waals surface area contributed by atoms with Gasteiger partial charge in [-0.05, 0) is 31.2 Å². The van der Waals surface area contributed by atoms with Crippen molar-refractivity contribution in [3.63, 3.8) is 0 Å². The van der Waals surface area contributed by atoms with Gasteiger partial charge in [-0.25, -0.2) is 27.2 Å². The molecule has 0 fully saturated rings. The minimum Gasteiger partial charge on any atom is -0.495 e. The molecule has 0 atom stereocenters. The van der Waals surface area contributed by atoms with Crippen LogP contribution in [0.1, 0.15) is 29.8 Å². The highest BCUT2D eigenvalue weighted by Gasteiger charge is 2.24. The van der Waals surface area contributed by atoms with Crippen LogP contribution >= 0.6 is 11.6 Å². The van der Waals surface area contributed by atoms with E-state index in [9.17, 15) is 22.4 Å². The molecule has 2 heterocycles. The van der Waals surface area contributed by atoms with Gasteiger partial charge in [-0.1, -0.05) is 11.6 Å². The van der Waals surface area contributed by atoms with Crippen molar-refractivity contribution in [3.05, 3.63) is 46.2 Å². The Kier molecular flexibility index (Phi) is 5.92. The summed E-state index contributed by atoms with van der Waals surface area (Å²) in [5.41, 5.74) is -1.10. The van der Waals surface area contributed by atoms with Gasteiger partial charge in [0.25, 0.3) is 12.9 Å². The normalized spacial score (nSPS) is 11.5. The molecule has 0 bridgehead atoms. The molecule has 0 aliphatic carbocycles. The standard InChI is InChI=1S/C18H15ClF4N4O2/c1-8-15-10(16(20)21)6-12(17(22)23)25-18(15)27(26-8)7-14(28)24-9-3-4-13(29-2)11(19)5-9/h3-6,16-17H,7H2,1-2H3,(H,24,28). The Morgan fingerprint density at radius 1 is 1.24 bits per heavy atom. The topological polar surface area (TPSA) is 69.0 Å². The number of alkyl halides is 4. The molecule has 0 aliphatic heterocycles. The molecule has 0 saturated heterocycles. The van der Waals surface area contributed by atoms with E-state index in [4.69, 9.17) is 16.3 Å². The summed E-state index contributed by atoms with van der Waals surface area (Å²) >= 11 is 6.00. The van der Waals surface area contributed by atoms with E-state index in [2.05, 4.69) is 15.4 Å². The highest BCUT2D eigenvalue weighted by atomic mass is 35.5. The number of fused-ring (bicyclic) bond motifs is 1. The van der Waals surface area contributed by atoms with Crippen LogP contribution in [-0.4, -0.2) is 27.8 Å². The monoisotopic (exact) mass is 430 g/mol. The van der Waals surface area contributed by atoms with Crippen molar-refractivity contribution >= 4 is 34.2 Å². The molecular formula is C18H15ClF4N4O2. The molecule has 3 rings (SSSR count). The predicted molar refractivity (Wildman–Crippen MR) is 98.8 cm³/mol. The lowest BCUT2D eigenvalue weighted by Crippen LogP contribution is -2.20. The first-order valence-electron chi connectivity index (χ1n) is 8.29. The minimum absolute atomic E-state index is 0.0512. The number of hydrogen-bond acceptors (Lipinski definition) is 4. The Morgan fingerprint density at radius 3 is 2.55 bits per heavy atom. The van der Waals surface area contributed by atoms with Gasteiger partial charge in [0.05, 0.1) is 23.2 Å². The fourth-order valence-electron chi connectivity index (χ4n) is 2.88. The van der Waals surface area contributed by atoms with Gasteiger partial charge in [0.15, 0.2) is 5.65 Å². The summed E-state index contributed by atoms with van der Waals surface area (Å²) < 4.78 is 58.9. The van der Waals surface area contributed by atoms with Crippen molar-refractivity contribution in [2.45, 2.75) is 26.3 Å². The molecule has 0 spiro atoms. The van der Waals surface area contributed by atoms with E-state index in [0.29, 0.717) is 17.5 Å². The number of anilines is 1. The summed E-state index contributed by atoms with van der Waals surface area (Å²) in [7, 11) is 1.44. The Morgan fingerprint density at radius 2 is 1.97 bits per heavy atom. The number of ether oxygens (including phenoxy) is 1. The maximum Gasteiger partial charge on any atom is 0.280 e. The molecule has 0 saturated carbocycles. The number of amides is 1. The molecule has 0 aliphatic rings. The van der Waals surface area contributed by atoms with E-state index < -0.39 is 36.6 Å². The third kappa shape index (κ3) is 4.26. The number of rotatable bonds is 6. The number of aryl methyl sites for hydroxylation is 1. The van der Waals surface area contributed by atoms with Crippen molar-refractivity contribution in [1.82, 2.24) is 14.8 Å². The number of hydrogen-bond donors (Lipinski definition) is 1. The first-order chi connectivity index (χ1) is 13.7. The van der Waals surface area contributed by atoms with E-state index in [1.807, 2.05) is 0 Å². The Balaban J connectivity index is 1.93. The summed E-state index contributed by atoms with van der Waals surface area (Å²) in [6, 6.07) is 5.23. The average molecular weight is 431 g/mol. The molecule has 3 aromatic rings. The van der Waals surface area contributed by atoms with Crippen LogP contribution in [-0.2, 0) is 11.3 Å². The highest BCUT2D eigenvalue weighted by Crippen LogP contribution is 2.32. The van der Waals surface area contributed by atoms with Crippen molar-refractivity contribution < 1.29 is 27.1 Å². The van der Waals surface area contributed by atoms with E-state index >= 15 is 0 Å². The second-order valence-electron chi connectivity index (χ2n) is 6.08. The number of benzene rings is 1. The van der Waals surface area contributed by atoms with Gasteiger partial charge in [0.2, 0.25) is 5.91 Å². The smallest absolute Gasteiger partial charge is 0.280 e. The van der Waals surface area contributed by atoms with Gasteiger partial charge >= 0.3 is 0 Å². The second-order valence-corrected chi connectivity index (χ2v) is 6.48. The average Bonchev–Trinajstić information content (AvgIpc) is 2.96. The maximum atomic E-state index is 13.4. The summed E-state index contributed by atoms with van der Waals surface area (Å²) in [6.07, 6.45) is -6.04. The van der Waals surface area contributed by atoms with Gasteiger partial charge in [-0.15, -0.1) is 0 Å². The van der Waals surface area contributed by atoms with E-state index in [1.54, 1.807) is 12.1 Å². The first-order valence-corrected chi connectivity index (χ1v) is 8.66. The SMILES string of the molecule is COc1ccc(NC(=O)Cn2nc(C)c3c(C(F)F)cc(C(F)F)nc32)cc1Cl. The first kappa shape index (κ1) is 20.8. The Hall–Kier alpha value is -2.88. The number of carbonyl (C=O) groups is 1. The van der Waals surface area contributed by atoms with E-state index in [-0.39, 0.29) is 21.7 Å². The van der Waals surface area contributed by atoms with Gasteiger partial charge in [0, 0.05) is 11.3 Å². The van der Waals surface area contributed by atoms with Gasteiger partial charge in [0.1, 0.15) is 18.0 Å². The minimum atomic E-state index is -3.05. The molecular weight excluding hydrogens is 416 g/mol. The predicted octanol–water partition coefficient (Wildman–Crippen LogP) is 4.92. The zero-order chi connectivity index (χ0) is 21.3. The lowest BCUT2D eigenvalue weighted by Gasteiger charge is -2.09. The second kappa shape index (κ2) is 8.24. The van der Waals surface area contributed by atoms with Gasteiger partial charge in [-0.2, -0.15) is 5.10 Å². The lowest BCUT2D eigenvalue weighted by atomic mass is 10.1. The number of nitrogens with zero attached hydrogens (tertiary/aromatic N) is 3. The number of methoxy groups -OCH3 is 1. The molecule has 1 N–H and O–H groups in total. The van der Waals surface area contributed by atoms with Gasteiger partial charge in [-0.3, -0.25) is 4.79 Å². The van der Waals surface area contributed by atoms with Crippen molar-refractivity contribution in [1.29, 1.82) is 0 Å². The molecule has 1 aromatic carbocycles. The largest absolute Gasteiger partial charge is 0.495 e. The van der Waals surface area contributed by atoms with Crippen LogP contribution in [0.3, 0.4) is 0 Å². The maximum absolute atomic E-state index is 13.4. The van der Waals surface area contributed by atoms with Crippen molar-refractivity contribution in [2.75, 3.05) is 12.4 Å². The summed E-state index contributed by atoms with van der Waals surface area (Å²) in [5, 5.41) is 6.82. The van der Waals surface area contributed by atoms with E-state index in [1.165, 1.54) is 20.1 Å². The fraction of sp³-hybridized carbons (Fsp3) is 0.278. The summed E-state index contributed by atoms with van der Waals surface area (Å²) in [6.45, 7) is 1.02. The third-order valence-corrected chi connectivity index (χ3v) is 4.41. The number of nitrogens with one attached hydrogen (secondary N) is 1. The number of halogens is 5. The lowest BCUT2D eigenvalue weighted by molar-refractivity contribution is -0.116. The number of aromatic nitrogens is 3. The highest BCUT2D eigenvalue weighted by molar-refractivity contribution is 6.32. The Bertz CT molecular complexity index is 1070.